The summed E-state index contributed by atoms with van der Waals surface area (Å²) in [6.45, 7) is 8.75. The highest BCUT2D eigenvalue weighted by Crippen LogP contribution is 2.21. The second kappa shape index (κ2) is 8.47. The maximum atomic E-state index is 12.3. The Morgan fingerprint density at radius 2 is 2.08 bits per heavy atom. The van der Waals surface area contributed by atoms with E-state index in [0.717, 1.165) is 38.2 Å². The first kappa shape index (κ1) is 19.4. The molecule has 0 unspecified atom stereocenters. The normalized spacial score (nSPS) is 18.3. The maximum absolute atomic E-state index is 12.3. The number of hydrogen-bond donors (Lipinski definition) is 0. The number of aromatic nitrogens is 2. The highest BCUT2D eigenvalue weighted by molar-refractivity contribution is 5.68. The number of hydrogen-bond acceptors (Lipinski definition) is 6. The number of rotatable bonds is 5. The molecular formula is C18H30N4O3. The molecule has 1 atom stereocenters. The van der Waals surface area contributed by atoms with Crippen LogP contribution in [0.3, 0.4) is 0 Å². The number of carbonyl (C=O) groups excluding carboxylic acids is 1. The van der Waals surface area contributed by atoms with Gasteiger partial charge in [0.15, 0.2) is 0 Å². The Balaban J connectivity index is 1.88. The molecule has 2 heterocycles. The first-order valence-corrected chi connectivity index (χ1v) is 8.79. The van der Waals surface area contributed by atoms with E-state index in [4.69, 9.17) is 9.47 Å². The Morgan fingerprint density at radius 3 is 2.76 bits per heavy atom. The van der Waals surface area contributed by atoms with Crippen LogP contribution in [0.5, 0.6) is 5.88 Å². The van der Waals surface area contributed by atoms with E-state index in [9.17, 15) is 4.79 Å². The van der Waals surface area contributed by atoms with Crippen LogP contribution < -0.4 is 4.74 Å². The number of likely N-dealkylation sites (tertiary alicyclic amines) is 1. The molecule has 25 heavy (non-hydrogen) atoms. The second-order valence-corrected chi connectivity index (χ2v) is 7.64. The van der Waals surface area contributed by atoms with E-state index in [-0.39, 0.29) is 6.09 Å². The third kappa shape index (κ3) is 6.16. The summed E-state index contributed by atoms with van der Waals surface area (Å²) in [4.78, 5) is 24.8. The van der Waals surface area contributed by atoms with Crippen molar-refractivity contribution in [2.75, 3.05) is 33.8 Å². The number of carbonyl (C=O) groups is 1. The van der Waals surface area contributed by atoms with Gasteiger partial charge < -0.3 is 14.4 Å². The molecule has 0 bridgehead atoms. The van der Waals surface area contributed by atoms with Crippen molar-refractivity contribution >= 4 is 6.09 Å². The van der Waals surface area contributed by atoms with Gasteiger partial charge in [0.05, 0.1) is 7.11 Å². The van der Waals surface area contributed by atoms with Crippen molar-refractivity contribution in [1.29, 1.82) is 0 Å². The second-order valence-electron chi connectivity index (χ2n) is 7.64. The topological polar surface area (TPSA) is 67.8 Å². The molecule has 0 N–H and O–H groups in total. The fourth-order valence-electron chi connectivity index (χ4n) is 3.10. The monoisotopic (exact) mass is 350 g/mol. The zero-order valence-corrected chi connectivity index (χ0v) is 16.0. The van der Waals surface area contributed by atoms with Gasteiger partial charge in [0.2, 0.25) is 5.88 Å². The molecule has 7 heteroatoms. The van der Waals surface area contributed by atoms with E-state index < -0.39 is 5.60 Å². The van der Waals surface area contributed by atoms with Crippen LogP contribution in [0, 0.1) is 5.92 Å². The Hall–Kier alpha value is -1.89. The van der Waals surface area contributed by atoms with Gasteiger partial charge in [0.1, 0.15) is 11.3 Å². The van der Waals surface area contributed by atoms with Crippen LogP contribution in [0.1, 0.15) is 39.3 Å². The molecule has 1 amide bonds. The van der Waals surface area contributed by atoms with Crippen molar-refractivity contribution in [3.8, 4) is 5.88 Å². The fraction of sp³-hybridized carbons (Fsp3) is 0.722. The average Bonchev–Trinajstić information content (AvgIpc) is 2.54. The lowest BCUT2D eigenvalue weighted by molar-refractivity contribution is 0.0147. The molecule has 1 fully saturated rings. The van der Waals surface area contributed by atoms with E-state index in [2.05, 4.69) is 21.9 Å². The predicted molar refractivity (Wildman–Crippen MR) is 95.4 cm³/mol. The average molecular weight is 350 g/mol. The molecule has 7 nitrogen and oxygen atoms in total. The van der Waals surface area contributed by atoms with Crippen molar-refractivity contribution in [2.45, 2.75) is 45.8 Å². The van der Waals surface area contributed by atoms with Gasteiger partial charge in [0, 0.05) is 38.6 Å². The van der Waals surface area contributed by atoms with Gasteiger partial charge in [-0.05, 0) is 46.6 Å². The smallest absolute Gasteiger partial charge is 0.410 e. The molecule has 0 aromatic carbocycles. The molecule has 0 saturated carbocycles. The van der Waals surface area contributed by atoms with E-state index in [1.54, 1.807) is 19.5 Å². The van der Waals surface area contributed by atoms with Crippen LogP contribution in [0.15, 0.2) is 12.4 Å². The number of piperidine rings is 1. The highest BCUT2D eigenvalue weighted by Gasteiger charge is 2.28. The number of ether oxygens (including phenoxy) is 2. The molecule has 2 rings (SSSR count). The minimum Gasteiger partial charge on any atom is -0.480 e. The zero-order valence-electron chi connectivity index (χ0n) is 16.0. The van der Waals surface area contributed by atoms with Gasteiger partial charge in [0.25, 0.3) is 0 Å². The number of nitrogens with zero attached hydrogens (tertiary/aromatic N) is 4. The summed E-state index contributed by atoms with van der Waals surface area (Å²) in [7, 11) is 3.66. The lowest BCUT2D eigenvalue weighted by atomic mass is 9.98. The van der Waals surface area contributed by atoms with Crippen LogP contribution in [-0.2, 0) is 11.3 Å². The SMILES string of the molecule is COc1nccnc1CN(C)C[C@H]1CCCN(C(=O)OC(C)(C)C)C1. The summed E-state index contributed by atoms with van der Waals surface area (Å²) in [6.07, 6.45) is 5.21. The minimum absolute atomic E-state index is 0.213. The van der Waals surface area contributed by atoms with Crippen LogP contribution in [0.2, 0.25) is 0 Å². The lowest BCUT2D eigenvalue weighted by Crippen LogP contribution is -2.45. The first-order valence-electron chi connectivity index (χ1n) is 8.79. The molecule has 0 spiro atoms. The number of amides is 1. The molecule has 1 aliphatic rings. The molecular weight excluding hydrogens is 320 g/mol. The maximum Gasteiger partial charge on any atom is 0.410 e. The fourth-order valence-corrected chi connectivity index (χ4v) is 3.10. The summed E-state index contributed by atoms with van der Waals surface area (Å²) in [6, 6.07) is 0. The summed E-state index contributed by atoms with van der Waals surface area (Å²) >= 11 is 0. The molecule has 140 valence electrons. The van der Waals surface area contributed by atoms with Gasteiger partial charge in [-0.1, -0.05) is 0 Å². The summed E-state index contributed by atoms with van der Waals surface area (Å²) in [5.41, 5.74) is 0.371. The largest absolute Gasteiger partial charge is 0.480 e. The Bertz CT molecular complexity index is 574. The molecule has 1 aromatic rings. The van der Waals surface area contributed by atoms with Gasteiger partial charge in [-0.15, -0.1) is 0 Å². The molecule has 1 aromatic heterocycles. The van der Waals surface area contributed by atoms with E-state index in [1.165, 1.54) is 0 Å². The Labute approximate surface area is 150 Å². The third-order valence-electron chi connectivity index (χ3n) is 4.09. The van der Waals surface area contributed by atoms with Crippen molar-refractivity contribution in [1.82, 2.24) is 19.8 Å². The molecule has 0 radical (unpaired) electrons. The van der Waals surface area contributed by atoms with Gasteiger partial charge >= 0.3 is 6.09 Å². The predicted octanol–water partition coefficient (Wildman–Crippen LogP) is 2.56. The lowest BCUT2D eigenvalue weighted by Gasteiger charge is -2.35. The van der Waals surface area contributed by atoms with Crippen LogP contribution in [0.4, 0.5) is 4.79 Å². The molecule has 0 aliphatic carbocycles. The highest BCUT2D eigenvalue weighted by atomic mass is 16.6. The minimum atomic E-state index is -0.455. The molecule has 1 aliphatic heterocycles. The number of methoxy groups -OCH3 is 1. The summed E-state index contributed by atoms with van der Waals surface area (Å²) in [5, 5.41) is 0. The van der Waals surface area contributed by atoms with Crippen molar-refractivity contribution in [3.05, 3.63) is 18.1 Å². The van der Waals surface area contributed by atoms with Gasteiger partial charge in [-0.2, -0.15) is 0 Å². The summed E-state index contributed by atoms with van der Waals surface area (Å²) < 4.78 is 10.8. The quantitative estimate of drug-likeness (QED) is 0.813. The van der Waals surface area contributed by atoms with E-state index >= 15 is 0 Å². The van der Waals surface area contributed by atoms with Gasteiger partial charge in [-0.3, -0.25) is 9.88 Å². The van der Waals surface area contributed by atoms with E-state index in [0.29, 0.717) is 18.3 Å². The Kier molecular flexibility index (Phi) is 6.58. The third-order valence-corrected chi connectivity index (χ3v) is 4.09. The van der Waals surface area contributed by atoms with Gasteiger partial charge in [-0.25, -0.2) is 9.78 Å². The van der Waals surface area contributed by atoms with Crippen molar-refractivity contribution in [3.63, 3.8) is 0 Å². The standard InChI is InChI=1S/C18H30N4O3/c1-18(2,3)25-17(23)22-10-6-7-14(12-22)11-21(4)13-15-16(24-5)20-9-8-19-15/h8-9,14H,6-7,10-13H2,1-5H3/t14-/m1/s1. The van der Waals surface area contributed by atoms with Crippen molar-refractivity contribution < 1.29 is 14.3 Å². The Morgan fingerprint density at radius 1 is 1.36 bits per heavy atom. The van der Waals surface area contributed by atoms with E-state index in [1.807, 2.05) is 25.7 Å². The van der Waals surface area contributed by atoms with Crippen LogP contribution in [0.25, 0.3) is 0 Å². The summed E-state index contributed by atoms with van der Waals surface area (Å²) in [5.74, 6) is 0.988. The van der Waals surface area contributed by atoms with Crippen LogP contribution >= 0.6 is 0 Å². The first-order chi connectivity index (χ1) is 11.8. The zero-order chi connectivity index (χ0) is 18.4. The van der Waals surface area contributed by atoms with Crippen molar-refractivity contribution in [2.24, 2.45) is 5.92 Å². The van der Waals surface area contributed by atoms with Crippen LogP contribution in [-0.4, -0.2) is 65.3 Å². The molecule has 1 saturated heterocycles.